The van der Waals surface area contributed by atoms with Gasteiger partial charge in [-0.3, -0.25) is 9.69 Å². The average molecular weight is 489 g/mol. The highest BCUT2D eigenvalue weighted by molar-refractivity contribution is 7.90. The van der Waals surface area contributed by atoms with Crippen molar-refractivity contribution in [3.8, 4) is 0 Å². The lowest BCUT2D eigenvalue weighted by Crippen LogP contribution is -2.39. The zero-order valence-corrected chi connectivity index (χ0v) is 20.5. The first-order chi connectivity index (χ1) is 16.9. The number of carbonyl (C=O) groups excluding carboxylic acids is 1. The summed E-state index contributed by atoms with van der Waals surface area (Å²) in [5, 5.41) is 3.25. The van der Waals surface area contributed by atoms with Crippen LogP contribution in [-0.2, 0) is 25.8 Å². The van der Waals surface area contributed by atoms with E-state index in [0.717, 1.165) is 66.7 Å². The average Bonchev–Trinajstić information content (AvgIpc) is 3.40. The summed E-state index contributed by atoms with van der Waals surface area (Å²) >= 11 is 0. The van der Waals surface area contributed by atoms with Crippen molar-refractivity contribution >= 4 is 33.2 Å². The van der Waals surface area contributed by atoms with Gasteiger partial charge in [0.15, 0.2) is 9.84 Å². The molecule has 1 spiro atoms. The fraction of sp³-hybridized carbons (Fsp3) is 0.370. The van der Waals surface area contributed by atoms with Crippen LogP contribution in [0, 0.1) is 6.92 Å². The van der Waals surface area contributed by atoms with Gasteiger partial charge in [0.1, 0.15) is 5.82 Å². The van der Waals surface area contributed by atoms with Crippen LogP contribution >= 0.6 is 0 Å². The largest absolute Gasteiger partial charge is 0.324 e. The molecule has 7 nitrogen and oxygen atoms in total. The molecule has 0 radical (unpaired) electrons. The molecule has 0 bridgehead atoms. The molecule has 35 heavy (non-hydrogen) atoms. The number of fused-ring (bicyclic) bond motifs is 2. The summed E-state index contributed by atoms with van der Waals surface area (Å²) in [6.07, 6.45) is 7.88. The topological polar surface area (TPSA) is 92.3 Å². The van der Waals surface area contributed by atoms with Gasteiger partial charge in [-0.2, -0.15) is 4.98 Å². The van der Waals surface area contributed by atoms with E-state index in [1.807, 2.05) is 42.2 Å². The maximum atomic E-state index is 13.3. The molecule has 0 saturated heterocycles. The van der Waals surface area contributed by atoms with E-state index in [0.29, 0.717) is 5.95 Å². The molecule has 6 rings (SSSR count). The van der Waals surface area contributed by atoms with Crippen molar-refractivity contribution in [2.45, 2.75) is 67.6 Å². The monoisotopic (exact) mass is 488 g/mol. The summed E-state index contributed by atoms with van der Waals surface area (Å²) in [7, 11) is -3.47. The number of amides is 1. The van der Waals surface area contributed by atoms with E-state index in [1.165, 1.54) is 0 Å². The SMILES string of the molecule is Cc1cc(S(=O)(=O)Cc2ccccc2)ccc1Nc1ncc2c(n1)N(C1CCCC1)C(=O)C21CC1. The van der Waals surface area contributed by atoms with Gasteiger partial charge in [0.05, 0.1) is 16.1 Å². The van der Waals surface area contributed by atoms with Gasteiger partial charge in [-0.1, -0.05) is 43.2 Å². The molecule has 0 unspecified atom stereocenters. The Hall–Kier alpha value is -3.26. The molecule has 8 heteroatoms. The van der Waals surface area contributed by atoms with Crippen molar-refractivity contribution in [2.75, 3.05) is 10.2 Å². The smallest absolute Gasteiger partial charge is 0.239 e. The molecule has 2 aromatic carbocycles. The molecule has 0 atom stereocenters. The number of sulfone groups is 1. The number of hydrogen-bond donors (Lipinski definition) is 1. The first-order valence-electron chi connectivity index (χ1n) is 12.2. The van der Waals surface area contributed by atoms with E-state index in [4.69, 9.17) is 4.98 Å². The third-order valence-electron chi connectivity index (χ3n) is 7.58. The fourth-order valence-corrected chi connectivity index (χ4v) is 6.90. The molecule has 3 aliphatic rings. The van der Waals surface area contributed by atoms with Crippen molar-refractivity contribution in [2.24, 2.45) is 0 Å². The first-order valence-corrected chi connectivity index (χ1v) is 13.9. The van der Waals surface area contributed by atoms with E-state index >= 15 is 0 Å². The van der Waals surface area contributed by atoms with E-state index < -0.39 is 15.3 Å². The summed E-state index contributed by atoms with van der Waals surface area (Å²) in [4.78, 5) is 24.8. The van der Waals surface area contributed by atoms with Crippen LogP contribution in [0.2, 0.25) is 0 Å². The number of rotatable bonds is 6. The molecular weight excluding hydrogens is 460 g/mol. The fourth-order valence-electron chi connectivity index (χ4n) is 5.47. The summed E-state index contributed by atoms with van der Waals surface area (Å²) in [6, 6.07) is 14.5. The van der Waals surface area contributed by atoms with E-state index in [1.54, 1.807) is 24.4 Å². The molecule has 2 heterocycles. The summed E-state index contributed by atoms with van der Waals surface area (Å²) < 4.78 is 25.9. The van der Waals surface area contributed by atoms with Gasteiger partial charge < -0.3 is 5.32 Å². The van der Waals surface area contributed by atoms with Crippen LogP contribution in [0.1, 0.15) is 55.2 Å². The van der Waals surface area contributed by atoms with Gasteiger partial charge in [0, 0.05) is 23.5 Å². The van der Waals surface area contributed by atoms with Crippen LogP contribution < -0.4 is 10.2 Å². The maximum absolute atomic E-state index is 13.3. The molecule has 2 saturated carbocycles. The summed E-state index contributed by atoms with van der Waals surface area (Å²) in [5.74, 6) is 1.31. The summed E-state index contributed by atoms with van der Waals surface area (Å²) in [6.45, 7) is 1.87. The van der Waals surface area contributed by atoms with Crippen molar-refractivity contribution in [1.82, 2.24) is 9.97 Å². The normalized spacial score (nSPS) is 18.8. The highest BCUT2D eigenvalue weighted by Crippen LogP contribution is 2.57. The Balaban J connectivity index is 1.26. The zero-order valence-electron chi connectivity index (χ0n) is 19.7. The number of aryl methyl sites for hydroxylation is 1. The molecular formula is C27H28N4O3S. The minimum absolute atomic E-state index is 0.0409. The minimum Gasteiger partial charge on any atom is -0.324 e. The number of hydrogen-bond acceptors (Lipinski definition) is 6. The van der Waals surface area contributed by atoms with Gasteiger partial charge in [0.2, 0.25) is 11.9 Å². The van der Waals surface area contributed by atoms with Crippen LogP contribution in [0.15, 0.2) is 59.6 Å². The van der Waals surface area contributed by atoms with Gasteiger partial charge in [-0.15, -0.1) is 0 Å². The lowest BCUT2D eigenvalue weighted by molar-refractivity contribution is -0.120. The molecule has 2 fully saturated rings. The molecule has 1 amide bonds. The Kier molecular flexibility index (Phi) is 5.18. The second-order valence-electron chi connectivity index (χ2n) is 9.97. The second-order valence-corrected chi connectivity index (χ2v) is 12.0. The van der Waals surface area contributed by atoms with Gasteiger partial charge >= 0.3 is 0 Å². The molecule has 180 valence electrons. The Morgan fingerprint density at radius 3 is 2.51 bits per heavy atom. The quantitative estimate of drug-likeness (QED) is 0.535. The minimum atomic E-state index is -3.47. The highest BCUT2D eigenvalue weighted by atomic mass is 32.2. The predicted molar refractivity (Wildman–Crippen MR) is 134 cm³/mol. The van der Waals surface area contributed by atoms with E-state index in [9.17, 15) is 13.2 Å². The van der Waals surface area contributed by atoms with Gasteiger partial charge in [-0.05, 0) is 61.9 Å². The van der Waals surface area contributed by atoms with E-state index in [-0.39, 0.29) is 22.6 Å². The van der Waals surface area contributed by atoms with Crippen molar-refractivity contribution in [1.29, 1.82) is 0 Å². The number of carbonyl (C=O) groups is 1. The number of nitrogens with one attached hydrogen (secondary N) is 1. The molecule has 1 N–H and O–H groups in total. The van der Waals surface area contributed by atoms with Crippen LogP contribution in [-0.4, -0.2) is 30.3 Å². The Morgan fingerprint density at radius 1 is 1.09 bits per heavy atom. The predicted octanol–water partition coefficient (Wildman–Crippen LogP) is 4.82. The second kappa shape index (κ2) is 8.16. The lowest BCUT2D eigenvalue weighted by atomic mass is 10.0. The number of anilines is 3. The standard InChI is InChI=1S/C27H28N4O3S/c1-18-15-21(35(33,34)17-19-7-3-2-4-8-19)11-12-23(18)29-26-28-16-22-24(30-26)31(20-9-5-6-10-20)25(32)27(22)13-14-27/h2-4,7-8,11-12,15-16,20H,5-6,9-10,13-14,17H2,1H3,(H,28,29,30). The third kappa shape index (κ3) is 3.80. The van der Waals surface area contributed by atoms with Crippen LogP contribution in [0.25, 0.3) is 0 Å². The summed E-state index contributed by atoms with van der Waals surface area (Å²) in [5.41, 5.74) is 2.83. The lowest BCUT2D eigenvalue weighted by Gasteiger charge is -2.24. The molecule has 3 aromatic rings. The van der Waals surface area contributed by atoms with Gasteiger partial charge in [-0.25, -0.2) is 13.4 Å². The zero-order chi connectivity index (χ0) is 24.2. The molecule has 2 aliphatic carbocycles. The maximum Gasteiger partial charge on any atom is 0.239 e. The van der Waals surface area contributed by atoms with Gasteiger partial charge in [0.25, 0.3) is 0 Å². The van der Waals surface area contributed by atoms with E-state index in [2.05, 4.69) is 10.3 Å². The van der Waals surface area contributed by atoms with Crippen LogP contribution in [0.3, 0.4) is 0 Å². The Labute approximate surface area is 205 Å². The van der Waals surface area contributed by atoms with Crippen molar-refractivity contribution < 1.29 is 13.2 Å². The van der Waals surface area contributed by atoms with Crippen molar-refractivity contribution in [3.63, 3.8) is 0 Å². The highest BCUT2D eigenvalue weighted by Gasteiger charge is 2.61. The van der Waals surface area contributed by atoms with Crippen LogP contribution in [0.4, 0.5) is 17.5 Å². The first kappa shape index (κ1) is 22.2. The number of nitrogens with zero attached hydrogens (tertiary/aromatic N) is 3. The number of aromatic nitrogens is 2. The number of benzene rings is 2. The Morgan fingerprint density at radius 2 is 1.83 bits per heavy atom. The van der Waals surface area contributed by atoms with Crippen LogP contribution in [0.5, 0.6) is 0 Å². The molecule has 1 aromatic heterocycles. The Bertz CT molecular complexity index is 1410. The van der Waals surface area contributed by atoms with Crippen molar-refractivity contribution in [3.05, 3.63) is 71.4 Å². The molecule has 1 aliphatic heterocycles. The third-order valence-corrected chi connectivity index (χ3v) is 9.27.